The number of pyridine rings is 1. The third-order valence-electron chi connectivity index (χ3n) is 4.57. The lowest BCUT2D eigenvalue weighted by molar-refractivity contribution is 0.0953. The highest BCUT2D eigenvalue weighted by atomic mass is 16.5. The monoisotopic (exact) mass is 421 g/mol. The van der Waals surface area contributed by atoms with Gasteiger partial charge in [-0.15, -0.1) is 0 Å². The molecule has 0 bridgehead atoms. The second-order valence-corrected chi connectivity index (χ2v) is 6.49. The fourth-order valence-corrected chi connectivity index (χ4v) is 2.99. The molecule has 0 spiro atoms. The molecule has 0 aliphatic heterocycles. The van der Waals surface area contributed by atoms with Gasteiger partial charge in [-0.2, -0.15) is 5.10 Å². The van der Waals surface area contributed by atoms with E-state index in [2.05, 4.69) is 10.5 Å². The van der Waals surface area contributed by atoms with Crippen molar-refractivity contribution in [3.05, 3.63) is 87.8 Å². The lowest BCUT2D eigenvalue weighted by atomic mass is 10.2. The highest BCUT2D eigenvalue weighted by Crippen LogP contribution is 2.33. The average molecular weight is 421 g/mol. The number of nitrogens with one attached hydrogen (secondary N) is 1. The first-order chi connectivity index (χ1) is 15.1. The number of hydrogen-bond acceptors (Lipinski definition) is 6. The number of hydrogen-bond donors (Lipinski definition) is 1. The Bertz CT molecular complexity index is 1140. The van der Waals surface area contributed by atoms with Crippen LogP contribution in [0.3, 0.4) is 0 Å². The molecule has 0 atom stereocenters. The Labute approximate surface area is 179 Å². The van der Waals surface area contributed by atoms with Crippen molar-refractivity contribution in [1.82, 2.24) is 9.99 Å². The highest BCUT2D eigenvalue weighted by Gasteiger charge is 2.13. The summed E-state index contributed by atoms with van der Waals surface area (Å²) < 4.78 is 17.3. The van der Waals surface area contributed by atoms with E-state index in [1.807, 2.05) is 30.3 Å². The van der Waals surface area contributed by atoms with E-state index in [0.717, 1.165) is 5.56 Å². The second kappa shape index (κ2) is 10.1. The van der Waals surface area contributed by atoms with Crippen molar-refractivity contribution >= 4 is 12.1 Å². The minimum atomic E-state index is -0.608. The van der Waals surface area contributed by atoms with Gasteiger partial charge in [-0.05, 0) is 23.8 Å². The Morgan fingerprint density at radius 3 is 2.32 bits per heavy atom. The maximum absolute atomic E-state index is 12.7. The van der Waals surface area contributed by atoms with E-state index < -0.39 is 11.5 Å². The van der Waals surface area contributed by atoms with Crippen molar-refractivity contribution in [1.29, 1.82) is 0 Å². The molecule has 0 unspecified atom stereocenters. The molecule has 1 aromatic heterocycles. The van der Waals surface area contributed by atoms with Crippen LogP contribution < -0.4 is 25.2 Å². The maximum Gasteiger partial charge on any atom is 0.276 e. The summed E-state index contributed by atoms with van der Waals surface area (Å²) in [7, 11) is 4.55. The van der Waals surface area contributed by atoms with Gasteiger partial charge < -0.3 is 18.8 Å². The minimum Gasteiger partial charge on any atom is -0.496 e. The standard InChI is InChI=1S/C23H23N3O5/c1-29-19-13-21(31-3)20(30-2)12-17(19)14-24-25-22(27)18-10-7-11-26(23(18)28)15-16-8-5-4-6-9-16/h4-14H,15H2,1-3H3,(H,25,27)/b24-14-. The predicted octanol–water partition coefficient (Wildman–Crippen LogP) is 2.69. The van der Waals surface area contributed by atoms with Crippen LogP contribution in [-0.4, -0.2) is 38.0 Å². The van der Waals surface area contributed by atoms with Crippen molar-refractivity contribution in [2.24, 2.45) is 5.10 Å². The SMILES string of the molecule is COc1cc(OC)c(OC)cc1/C=N\NC(=O)c1cccn(Cc2ccccc2)c1=O. The van der Waals surface area contributed by atoms with Crippen LogP contribution in [-0.2, 0) is 6.54 Å². The largest absolute Gasteiger partial charge is 0.496 e. The summed E-state index contributed by atoms with van der Waals surface area (Å²) in [6, 6.07) is 16.0. The molecule has 3 rings (SSSR count). The summed E-state index contributed by atoms with van der Waals surface area (Å²) in [6.07, 6.45) is 3.05. The fraction of sp³-hybridized carbons (Fsp3) is 0.174. The third kappa shape index (κ3) is 5.11. The number of carbonyl (C=O) groups excluding carboxylic acids is 1. The summed E-state index contributed by atoms with van der Waals surface area (Å²) in [6.45, 7) is 0.368. The zero-order valence-corrected chi connectivity index (χ0v) is 17.5. The van der Waals surface area contributed by atoms with Crippen LogP contribution in [0.1, 0.15) is 21.5 Å². The van der Waals surface area contributed by atoms with Crippen LogP contribution in [0.2, 0.25) is 0 Å². The third-order valence-corrected chi connectivity index (χ3v) is 4.57. The van der Waals surface area contributed by atoms with Gasteiger partial charge in [0, 0.05) is 17.8 Å². The molecule has 0 saturated heterocycles. The molecule has 31 heavy (non-hydrogen) atoms. The minimum absolute atomic E-state index is 0.00476. The Hall–Kier alpha value is -4.07. The fourth-order valence-electron chi connectivity index (χ4n) is 2.99. The van der Waals surface area contributed by atoms with Gasteiger partial charge in [0.2, 0.25) is 0 Å². The normalized spacial score (nSPS) is 10.7. The Balaban J connectivity index is 1.78. The Kier molecular flexibility index (Phi) is 7.05. The van der Waals surface area contributed by atoms with E-state index in [1.165, 1.54) is 38.2 Å². The van der Waals surface area contributed by atoms with Gasteiger partial charge in [-0.1, -0.05) is 30.3 Å². The topological polar surface area (TPSA) is 91.2 Å². The molecule has 8 heteroatoms. The molecular weight excluding hydrogens is 398 g/mol. The van der Waals surface area contributed by atoms with Crippen molar-refractivity contribution in [2.45, 2.75) is 6.54 Å². The molecule has 3 aromatic rings. The summed E-state index contributed by atoms with van der Waals surface area (Å²) in [4.78, 5) is 25.2. The first-order valence-electron chi connectivity index (χ1n) is 9.44. The van der Waals surface area contributed by atoms with Crippen LogP contribution >= 0.6 is 0 Å². The summed E-state index contributed by atoms with van der Waals surface area (Å²) in [5.41, 5.74) is 3.51. The van der Waals surface area contributed by atoms with Crippen LogP contribution in [0.15, 0.2) is 70.7 Å². The first-order valence-corrected chi connectivity index (χ1v) is 9.44. The summed E-state index contributed by atoms with van der Waals surface area (Å²) in [5, 5.41) is 3.96. The van der Waals surface area contributed by atoms with E-state index in [9.17, 15) is 9.59 Å². The zero-order valence-electron chi connectivity index (χ0n) is 17.5. The predicted molar refractivity (Wildman–Crippen MR) is 117 cm³/mol. The number of rotatable bonds is 8. The van der Waals surface area contributed by atoms with E-state index in [1.54, 1.807) is 24.4 Å². The molecule has 0 aliphatic rings. The van der Waals surface area contributed by atoms with E-state index in [-0.39, 0.29) is 5.56 Å². The van der Waals surface area contributed by atoms with E-state index in [4.69, 9.17) is 14.2 Å². The molecule has 0 fully saturated rings. The van der Waals surface area contributed by atoms with Crippen LogP contribution in [0.4, 0.5) is 0 Å². The lowest BCUT2D eigenvalue weighted by Gasteiger charge is -2.11. The molecule has 0 radical (unpaired) electrons. The number of benzene rings is 2. The van der Waals surface area contributed by atoms with Crippen molar-refractivity contribution in [3.63, 3.8) is 0 Å². The van der Waals surface area contributed by atoms with Gasteiger partial charge in [-0.3, -0.25) is 9.59 Å². The number of hydrazone groups is 1. The van der Waals surface area contributed by atoms with Crippen molar-refractivity contribution in [2.75, 3.05) is 21.3 Å². The smallest absolute Gasteiger partial charge is 0.276 e. The molecule has 0 saturated carbocycles. The summed E-state index contributed by atoms with van der Waals surface area (Å²) in [5.74, 6) is 0.871. The Morgan fingerprint density at radius 2 is 1.65 bits per heavy atom. The molecule has 1 N–H and O–H groups in total. The van der Waals surface area contributed by atoms with Gasteiger partial charge in [0.25, 0.3) is 11.5 Å². The zero-order chi connectivity index (χ0) is 22.2. The van der Waals surface area contributed by atoms with E-state index in [0.29, 0.717) is 29.4 Å². The number of carbonyl (C=O) groups is 1. The average Bonchev–Trinajstić information content (AvgIpc) is 2.80. The number of methoxy groups -OCH3 is 3. The van der Waals surface area contributed by atoms with Gasteiger partial charge >= 0.3 is 0 Å². The molecule has 8 nitrogen and oxygen atoms in total. The molecular formula is C23H23N3O5. The number of aromatic nitrogens is 1. The van der Waals surface area contributed by atoms with Crippen molar-refractivity contribution < 1.29 is 19.0 Å². The molecule has 1 amide bonds. The number of ether oxygens (including phenoxy) is 3. The molecule has 2 aromatic carbocycles. The highest BCUT2D eigenvalue weighted by molar-refractivity contribution is 5.94. The van der Waals surface area contributed by atoms with Gasteiger partial charge in [0.05, 0.1) is 34.1 Å². The lowest BCUT2D eigenvalue weighted by Crippen LogP contribution is -2.30. The Morgan fingerprint density at radius 1 is 0.968 bits per heavy atom. The molecule has 0 aliphatic carbocycles. The molecule has 1 heterocycles. The first kappa shape index (κ1) is 21.6. The maximum atomic E-state index is 12.7. The van der Waals surface area contributed by atoms with Crippen molar-refractivity contribution in [3.8, 4) is 17.2 Å². The summed E-state index contributed by atoms with van der Waals surface area (Å²) >= 11 is 0. The van der Waals surface area contributed by atoms with Gasteiger partial charge in [-0.25, -0.2) is 5.43 Å². The van der Waals surface area contributed by atoms with Crippen LogP contribution in [0, 0.1) is 0 Å². The van der Waals surface area contributed by atoms with Gasteiger partial charge in [0.1, 0.15) is 11.3 Å². The van der Waals surface area contributed by atoms with E-state index >= 15 is 0 Å². The number of nitrogens with zero attached hydrogens (tertiary/aromatic N) is 2. The molecule has 160 valence electrons. The second-order valence-electron chi connectivity index (χ2n) is 6.49. The number of amides is 1. The quantitative estimate of drug-likeness (QED) is 0.446. The van der Waals surface area contributed by atoms with Gasteiger partial charge in [0.15, 0.2) is 11.5 Å². The van der Waals surface area contributed by atoms with Crippen LogP contribution in [0.5, 0.6) is 17.2 Å². The van der Waals surface area contributed by atoms with Crippen LogP contribution in [0.25, 0.3) is 0 Å².